The molecule has 0 aliphatic heterocycles. The third kappa shape index (κ3) is 5.25. The molecule has 0 saturated heterocycles. The van der Waals surface area contributed by atoms with Crippen LogP contribution in [-0.2, 0) is 4.74 Å². The number of aliphatic hydroxyl groups excluding tert-OH is 1. The second-order valence-corrected chi connectivity index (χ2v) is 5.30. The van der Waals surface area contributed by atoms with Gasteiger partial charge in [0.2, 0.25) is 0 Å². The third-order valence-electron chi connectivity index (χ3n) is 2.50. The lowest BCUT2D eigenvalue weighted by molar-refractivity contribution is 0.0318. The molecule has 0 saturated carbocycles. The molecule has 0 heterocycles. The number of rotatable bonds is 7. The van der Waals surface area contributed by atoms with Crippen LogP contribution in [0, 0.1) is 12.8 Å². The van der Waals surface area contributed by atoms with E-state index in [0.29, 0.717) is 30.7 Å². The van der Waals surface area contributed by atoms with Gasteiger partial charge in [0.1, 0.15) is 0 Å². The molecule has 0 radical (unpaired) electrons. The molecule has 1 aromatic carbocycles. The van der Waals surface area contributed by atoms with Crippen molar-refractivity contribution in [3.63, 3.8) is 0 Å². The Bertz CT molecular complexity index is 349. The number of hydrogen-bond acceptors (Lipinski definition) is 3. The fourth-order valence-corrected chi connectivity index (χ4v) is 1.86. The first-order valence-electron chi connectivity index (χ1n) is 6.25. The third-order valence-corrected chi connectivity index (χ3v) is 2.81. The maximum atomic E-state index is 9.77. The van der Waals surface area contributed by atoms with E-state index in [2.05, 4.69) is 19.2 Å². The van der Waals surface area contributed by atoms with Gasteiger partial charge in [0, 0.05) is 13.2 Å². The van der Waals surface area contributed by atoms with Gasteiger partial charge in [-0.2, -0.15) is 0 Å². The minimum atomic E-state index is -0.528. The van der Waals surface area contributed by atoms with Crippen LogP contribution in [0.5, 0.6) is 0 Å². The molecule has 1 atom stereocenters. The second kappa shape index (κ2) is 7.62. The molecule has 0 amide bonds. The summed E-state index contributed by atoms with van der Waals surface area (Å²) in [6.07, 6.45) is -0.528. The first kappa shape index (κ1) is 15.3. The predicted octanol–water partition coefficient (Wildman–Crippen LogP) is 3.09. The number of aliphatic hydroxyl groups is 1. The van der Waals surface area contributed by atoms with Crippen LogP contribution in [0.4, 0.5) is 5.69 Å². The first-order chi connectivity index (χ1) is 8.50. The molecule has 3 nitrogen and oxygen atoms in total. The maximum absolute atomic E-state index is 9.77. The summed E-state index contributed by atoms with van der Waals surface area (Å²) < 4.78 is 5.38. The number of benzene rings is 1. The van der Waals surface area contributed by atoms with Crippen LogP contribution in [-0.4, -0.2) is 31.0 Å². The van der Waals surface area contributed by atoms with Crippen molar-refractivity contribution in [2.24, 2.45) is 5.92 Å². The smallest absolute Gasteiger partial charge is 0.0945 e. The van der Waals surface area contributed by atoms with E-state index in [1.807, 2.05) is 25.1 Å². The normalized spacial score (nSPS) is 12.8. The molecule has 1 rings (SSSR count). The van der Waals surface area contributed by atoms with Gasteiger partial charge >= 0.3 is 0 Å². The second-order valence-electron chi connectivity index (χ2n) is 4.90. The van der Waals surface area contributed by atoms with Gasteiger partial charge < -0.3 is 15.2 Å². The quantitative estimate of drug-likeness (QED) is 0.801. The van der Waals surface area contributed by atoms with Crippen molar-refractivity contribution < 1.29 is 9.84 Å². The van der Waals surface area contributed by atoms with Crippen LogP contribution in [0.1, 0.15) is 19.4 Å². The molecule has 18 heavy (non-hydrogen) atoms. The Balaban J connectivity index is 2.36. The molecule has 0 aliphatic carbocycles. The number of hydrogen-bond donors (Lipinski definition) is 2. The standard InChI is InChI=1S/C14H22ClNO2/c1-10(2)8-18-9-12(17)7-16-14-11(3)5-4-6-13(14)15/h4-6,10,12,16-17H,7-9H2,1-3H3. The van der Waals surface area contributed by atoms with Gasteiger partial charge in [-0.3, -0.25) is 0 Å². The summed E-state index contributed by atoms with van der Waals surface area (Å²) >= 11 is 6.08. The molecule has 1 aromatic rings. The Kier molecular flexibility index (Phi) is 6.47. The SMILES string of the molecule is Cc1cccc(Cl)c1NCC(O)COCC(C)C. The highest BCUT2D eigenvalue weighted by molar-refractivity contribution is 6.33. The Hall–Kier alpha value is -0.770. The number of anilines is 1. The van der Waals surface area contributed by atoms with E-state index in [4.69, 9.17) is 16.3 Å². The van der Waals surface area contributed by atoms with E-state index in [-0.39, 0.29) is 0 Å². The van der Waals surface area contributed by atoms with Crippen molar-refractivity contribution in [1.29, 1.82) is 0 Å². The van der Waals surface area contributed by atoms with E-state index in [1.165, 1.54) is 0 Å². The molecule has 0 aliphatic rings. The van der Waals surface area contributed by atoms with Gasteiger partial charge in [0.25, 0.3) is 0 Å². The van der Waals surface area contributed by atoms with Gasteiger partial charge in [0.15, 0.2) is 0 Å². The molecular formula is C14H22ClNO2. The molecule has 0 aromatic heterocycles. The molecule has 1 unspecified atom stereocenters. The van der Waals surface area contributed by atoms with Gasteiger partial charge in [-0.05, 0) is 24.5 Å². The average molecular weight is 272 g/mol. The summed E-state index contributed by atoms with van der Waals surface area (Å²) in [5, 5.41) is 13.6. The maximum Gasteiger partial charge on any atom is 0.0945 e. The van der Waals surface area contributed by atoms with Crippen LogP contribution in [0.2, 0.25) is 5.02 Å². The number of nitrogens with one attached hydrogen (secondary N) is 1. The van der Waals surface area contributed by atoms with Crippen molar-refractivity contribution in [3.8, 4) is 0 Å². The summed E-state index contributed by atoms with van der Waals surface area (Å²) in [6.45, 7) is 7.59. The fraction of sp³-hybridized carbons (Fsp3) is 0.571. The summed E-state index contributed by atoms with van der Waals surface area (Å²) in [7, 11) is 0. The summed E-state index contributed by atoms with van der Waals surface area (Å²) in [5.74, 6) is 0.482. The zero-order valence-electron chi connectivity index (χ0n) is 11.2. The van der Waals surface area contributed by atoms with Crippen LogP contribution >= 0.6 is 11.6 Å². The topological polar surface area (TPSA) is 41.5 Å². The molecule has 4 heteroatoms. The Morgan fingerprint density at radius 1 is 1.33 bits per heavy atom. The van der Waals surface area contributed by atoms with Crippen LogP contribution < -0.4 is 5.32 Å². The number of halogens is 1. The first-order valence-corrected chi connectivity index (χ1v) is 6.63. The molecule has 0 fully saturated rings. The van der Waals surface area contributed by atoms with E-state index in [9.17, 15) is 5.11 Å². The van der Waals surface area contributed by atoms with E-state index in [1.54, 1.807) is 0 Å². The molecule has 0 bridgehead atoms. The largest absolute Gasteiger partial charge is 0.389 e. The highest BCUT2D eigenvalue weighted by Gasteiger charge is 2.08. The van der Waals surface area contributed by atoms with Crippen molar-refractivity contribution >= 4 is 17.3 Å². The average Bonchev–Trinajstić information content (AvgIpc) is 2.27. The van der Waals surface area contributed by atoms with Crippen LogP contribution in [0.15, 0.2) is 18.2 Å². The van der Waals surface area contributed by atoms with Gasteiger partial charge in [0.05, 0.1) is 23.4 Å². The highest BCUT2D eigenvalue weighted by atomic mass is 35.5. The van der Waals surface area contributed by atoms with Crippen LogP contribution in [0.3, 0.4) is 0 Å². The zero-order chi connectivity index (χ0) is 13.5. The molecule has 102 valence electrons. The lowest BCUT2D eigenvalue weighted by Gasteiger charge is -2.16. The fourth-order valence-electron chi connectivity index (χ4n) is 1.57. The Morgan fingerprint density at radius 2 is 2.06 bits per heavy atom. The van der Waals surface area contributed by atoms with Gasteiger partial charge in [-0.15, -0.1) is 0 Å². The number of ether oxygens (including phenoxy) is 1. The number of para-hydroxylation sites is 1. The lowest BCUT2D eigenvalue weighted by Crippen LogP contribution is -2.26. The highest BCUT2D eigenvalue weighted by Crippen LogP contribution is 2.24. The van der Waals surface area contributed by atoms with E-state index < -0.39 is 6.10 Å². The van der Waals surface area contributed by atoms with Crippen molar-refractivity contribution in [3.05, 3.63) is 28.8 Å². The monoisotopic (exact) mass is 271 g/mol. The Morgan fingerprint density at radius 3 is 2.67 bits per heavy atom. The van der Waals surface area contributed by atoms with Crippen molar-refractivity contribution in [2.75, 3.05) is 25.1 Å². The predicted molar refractivity (Wildman–Crippen MR) is 76.3 cm³/mol. The van der Waals surface area contributed by atoms with Crippen LogP contribution in [0.25, 0.3) is 0 Å². The zero-order valence-corrected chi connectivity index (χ0v) is 12.0. The summed E-state index contributed by atoms with van der Waals surface area (Å²) in [5.41, 5.74) is 1.94. The van der Waals surface area contributed by atoms with Gasteiger partial charge in [-0.25, -0.2) is 0 Å². The van der Waals surface area contributed by atoms with Gasteiger partial charge in [-0.1, -0.05) is 37.6 Å². The minimum Gasteiger partial charge on any atom is -0.389 e. The summed E-state index contributed by atoms with van der Waals surface area (Å²) in [4.78, 5) is 0. The Labute approximate surface area is 114 Å². The summed E-state index contributed by atoms with van der Waals surface area (Å²) in [6, 6.07) is 5.72. The lowest BCUT2D eigenvalue weighted by atomic mass is 10.2. The van der Waals surface area contributed by atoms with Crippen molar-refractivity contribution in [1.82, 2.24) is 0 Å². The minimum absolute atomic E-state index is 0.342. The van der Waals surface area contributed by atoms with E-state index >= 15 is 0 Å². The van der Waals surface area contributed by atoms with E-state index in [0.717, 1.165) is 11.3 Å². The van der Waals surface area contributed by atoms with Crippen molar-refractivity contribution in [2.45, 2.75) is 26.9 Å². The molecule has 0 spiro atoms. The molecular weight excluding hydrogens is 250 g/mol. The molecule has 2 N–H and O–H groups in total. The number of aryl methyl sites for hydroxylation is 1.